The minimum absolute atomic E-state index is 0.00259. The molecule has 0 aliphatic carbocycles. The highest BCUT2D eigenvalue weighted by Crippen LogP contribution is 2.38. The number of benzene rings is 2. The molecule has 2 heterocycles. The molecule has 2 aromatic carbocycles. The van der Waals surface area contributed by atoms with Crippen LogP contribution in [0.2, 0.25) is 0 Å². The number of hydrogen-bond acceptors (Lipinski definition) is 10. The van der Waals surface area contributed by atoms with E-state index in [2.05, 4.69) is 10.6 Å². The van der Waals surface area contributed by atoms with Crippen LogP contribution in [0, 0.1) is 20.2 Å². The normalized spacial score (nSPS) is 13.9. The van der Waals surface area contributed by atoms with Crippen LogP contribution in [0.1, 0.15) is 13.8 Å². The average molecular weight is 414 g/mol. The Balaban J connectivity index is 0.000000171. The van der Waals surface area contributed by atoms with Gasteiger partial charge >= 0.3 is 0 Å². The standard InChI is InChI=1S/2C9H9N3O3/c1-5-9(10)11-7-4-6(12(13)14)2-3-8(7)15-5;1-5-9(10)11-8-6(12(13)14)3-2-4-7(8)15-5/h2*2-4,11H,10H2,1H3. The predicted molar refractivity (Wildman–Crippen MR) is 108 cm³/mol. The van der Waals surface area contributed by atoms with Crippen molar-refractivity contribution in [2.75, 3.05) is 10.6 Å². The van der Waals surface area contributed by atoms with E-state index in [0.717, 1.165) is 0 Å². The van der Waals surface area contributed by atoms with Crippen LogP contribution in [0.15, 0.2) is 59.6 Å². The van der Waals surface area contributed by atoms with Crippen LogP contribution in [-0.4, -0.2) is 9.85 Å². The fraction of sp³-hybridized carbons (Fsp3) is 0.111. The van der Waals surface area contributed by atoms with E-state index in [-0.39, 0.29) is 17.2 Å². The van der Waals surface area contributed by atoms with Crippen molar-refractivity contribution in [2.45, 2.75) is 13.8 Å². The number of anilines is 2. The summed E-state index contributed by atoms with van der Waals surface area (Å²) in [6, 6.07) is 8.90. The zero-order valence-corrected chi connectivity index (χ0v) is 16.0. The van der Waals surface area contributed by atoms with Crippen molar-refractivity contribution in [2.24, 2.45) is 11.5 Å². The highest BCUT2D eigenvalue weighted by Gasteiger charge is 2.23. The van der Waals surface area contributed by atoms with Gasteiger partial charge in [0.15, 0.2) is 17.2 Å². The third-order valence-corrected chi connectivity index (χ3v) is 4.19. The maximum absolute atomic E-state index is 10.7. The summed E-state index contributed by atoms with van der Waals surface area (Å²) in [6.45, 7) is 3.40. The van der Waals surface area contributed by atoms with E-state index in [1.165, 1.54) is 24.3 Å². The van der Waals surface area contributed by atoms with Crippen LogP contribution in [0.4, 0.5) is 22.7 Å². The SMILES string of the molecule is CC1=C(N)Nc2c(cccc2[N+](=O)[O-])O1.CC1=C(N)Nc2cc([N+](=O)[O-])ccc2O1. The summed E-state index contributed by atoms with van der Waals surface area (Å²) >= 11 is 0. The number of allylic oxidation sites excluding steroid dienone is 2. The number of nitrogens with one attached hydrogen (secondary N) is 2. The molecule has 6 N–H and O–H groups in total. The maximum Gasteiger partial charge on any atom is 0.296 e. The molecule has 2 aliphatic rings. The Bertz CT molecular complexity index is 1110. The van der Waals surface area contributed by atoms with Gasteiger partial charge in [-0.1, -0.05) is 6.07 Å². The molecule has 156 valence electrons. The largest absolute Gasteiger partial charge is 0.456 e. The quantitative estimate of drug-likeness (QED) is 0.421. The van der Waals surface area contributed by atoms with Gasteiger partial charge < -0.3 is 31.6 Å². The molecule has 0 amide bonds. The number of non-ortho nitro benzene ring substituents is 1. The van der Waals surface area contributed by atoms with Crippen LogP contribution < -0.4 is 31.6 Å². The predicted octanol–water partition coefficient (Wildman–Crippen LogP) is 3.09. The summed E-state index contributed by atoms with van der Waals surface area (Å²) in [5.41, 5.74) is 11.9. The maximum atomic E-state index is 10.7. The zero-order chi connectivity index (χ0) is 22.0. The molecule has 4 rings (SSSR count). The van der Waals surface area contributed by atoms with E-state index in [1.54, 1.807) is 26.0 Å². The zero-order valence-electron chi connectivity index (χ0n) is 16.0. The van der Waals surface area contributed by atoms with E-state index < -0.39 is 9.85 Å². The van der Waals surface area contributed by atoms with E-state index in [1.807, 2.05) is 0 Å². The molecule has 2 aliphatic heterocycles. The Labute approximate surface area is 170 Å². The number of fused-ring (bicyclic) bond motifs is 2. The van der Waals surface area contributed by atoms with E-state index in [4.69, 9.17) is 20.9 Å². The molecule has 0 aromatic heterocycles. The van der Waals surface area contributed by atoms with Gasteiger partial charge in [-0.2, -0.15) is 0 Å². The smallest absolute Gasteiger partial charge is 0.296 e. The number of nitro benzene ring substituents is 2. The van der Waals surface area contributed by atoms with Crippen LogP contribution in [0.5, 0.6) is 11.5 Å². The Morgan fingerprint density at radius 3 is 2.13 bits per heavy atom. The first-order chi connectivity index (χ1) is 14.2. The van der Waals surface area contributed by atoms with Crippen molar-refractivity contribution in [3.05, 3.63) is 79.8 Å². The van der Waals surface area contributed by atoms with Crippen LogP contribution in [-0.2, 0) is 0 Å². The molecular weight excluding hydrogens is 396 g/mol. The molecule has 0 saturated carbocycles. The van der Waals surface area contributed by atoms with Crippen molar-refractivity contribution in [3.63, 3.8) is 0 Å². The van der Waals surface area contributed by atoms with Crippen molar-refractivity contribution >= 4 is 22.7 Å². The molecule has 30 heavy (non-hydrogen) atoms. The lowest BCUT2D eigenvalue weighted by Gasteiger charge is -2.20. The number of nitro groups is 2. The molecule has 2 aromatic rings. The van der Waals surface area contributed by atoms with E-state index in [9.17, 15) is 20.2 Å². The molecule has 0 unspecified atom stereocenters. The number of nitrogens with two attached hydrogens (primary N) is 2. The lowest BCUT2D eigenvalue weighted by atomic mass is 10.2. The fourth-order valence-electron chi connectivity index (χ4n) is 2.60. The first-order valence-electron chi connectivity index (χ1n) is 8.55. The molecule has 0 atom stereocenters. The Hall–Kier alpha value is -4.48. The molecular formula is C18H18N6O6. The van der Waals surface area contributed by atoms with Crippen molar-refractivity contribution in [3.8, 4) is 11.5 Å². The first-order valence-corrected chi connectivity index (χ1v) is 8.55. The molecule has 0 saturated heterocycles. The van der Waals surface area contributed by atoms with Gasteiger partial charge in [-0.05, 0) is 26.0 Å². The molecule has 0 spiro atoms. The van der Waals surface area contributed by atoms with Gasteiger partial charge in [0.05, 0.1) is 15.5 Å². The second-order valence-corrected chi connectivity index (χ2v) is 6.24. The fourth-order valence-corrected chi connectivity index (χ4v) is 2.60. The molecule has 12 heteroatoms. The van der Waals surface area contributed by atoms with E-state index >= 15 is 0 Å². The third-order valence-electron chi connectivity index (χ3n) is 4.19. The lowest BCUT2D eigenvalue weighted by Crippen LogP contribution is -2.19. The number of nitrogens with zero attached hydrogens (tertiary/aromatic N) is 2. The van der Waals surface area contributed by atoms with Gasteiger partial charge in [-0.15, -0.1) is 0 Å². The van der Waals surface area contributed by atoms with Gasteiger partial charge in [0.1, 0.15) is 23.2 Å². The molecule has 0 bridgehead atoms. The number of hydrogen-bond donors (Lipinski definition) is 4. The van der Waals surface area contributed by atoms with Crippen LogP contribution in [0.25, 0.3) is 0 Å². The Morgan fingerprint density at radius 2 is 1.50 bits per heavy atom. The monoisotopic (exact) mass is 414 g/mol. The topological polar surface area (TPSA) is 181 Å². The summed E-state index contributed by atoms with van der Waals surface area (Å²) in [5.74, 6) is 2.65. The Morgan fingerprint density at radius 1 is 0.867 bits per heavy atom. The van der Waals surface area contributed by atoms with Gasteiger partial charge in [0.25, 0.3) is 11.4 Å². The van der Waals surface area contributed by atoms with Crippen LogP contribution in [0.3, 0.4) is 0 Å². The van der Waals surface area contributed by atoms with Crippen molar-refractivity contribution in [1.29, 1.82) is 0 Å². The summed E-state index contributed by atoms with van der Waals surface area (Å²) in [4.78, 5) is 20.3. The lowest BCUT2D eigenvalue weighted by molar-refractivity contribution is -0.384. The summed E-state index contributed by atoms with van der Waals surface area (Å²) in [6.07, 6.45) is 0. The van der Waals surface area contributed by atoms with E-state index in [0.29, 0.717) is 40.2 Å². The van der Waals surface area contributed by atoms with Gasteiger partial charge in [-0.3, -0.25) is 20.2 Å². The minimum Gasteiger partial charge on any atom is -0.456 e. The highest BCUT2D eigenvalue weighted by atomic mass is 16.6. The first kappa shape index (κ1) is 20.3. The highest BCUT2D eigenvalue weighted by molar-refractivity contribution is 5.73. The van der Waals surface area contributed by atoms with Crippen LogP contribution >= 0.6 is 0 Å². The minimum atomic E-state index is -0.483. The second-order valence-electron chi connectivity index (χ2n) is 6.24. The molecule has 12 nitrogen and oxygen atoms in total. The third kappa shape index (κ3) is 4.01. The molecule has 0 fully saturated rings. The Kier molecular flexibility index (Phi) is 5.31. The number of rotatable bonds is 2. The summed E-state index contributed by atoms with van der Waals surface area (Å²) < 4.78 is 10.7. The number of para-hydroxylation sites is 1. The summed E-state index contributed by atoms with van der Waals surface area (Å²) in [7, 11) is 0. The average Bonchev–Trinajstić information content (AvgIpc) is 2.69. The van der Waals surface area contributed by atoms with Crippen molar-refractivity contribution < 1.29 is 19.3 Å². The summed E-state index contributed by atoms with van der Waals surface area (Å²) in [5, 5.41) is 26.8. The second kappa shape index (κ2) is 7.87. The van der Waals surface area contributed by atoms with Gasteiger partial charge in [0, 0.05) is 18.2 Å². The molecule has 0 radical (unpaired) electrons. The number of ether oxygens (including phenoxy) is 2. The van der Waals surface area contributed by atoms with Crippen molar-refractivity contribution in [1.82, 2.24) is 0 Å². The van der Waals surface area contributed by atoms with Gasteiger partial charge in [-0.25, -0.2) is 0 Å². The van der Waals surface area contributed by atoms with Gasteiger partial charge in [0.2, 0.25) is 0 Å².